The minimum atomic E-state index is -0.292. The van der Waals surface area contributed by atoms with Crippen LogP contribution in [0, 0.1) is 0 Å². The van der Waals surface area contributed by atoms with Gasteiger partial charge in [-0.05, 0) is 18.4 Å². The van der Waals surface area contributed by atoms with Gasteiger partial charge in [-0.3, -0.25) is 0 Å². The fraction of sp³-hybridized carbons (Fsp3) is 0.200. The number of nitrogens with one attached hydrogen (secondary N) is 1. The first-order valence-electron chi connectivity index (χ1n) is 6.31. The number of nitrogens with zero attached hydrogens (tertiary/aromatic N) is 1. The summed E-state index contributed by atoms with van der Waals surface area (Å²) in [5.41, 5.74) is 6.34. The van der Waals surface area contributed by atoms with E-state index >= 15 is 0 Å². The summed E-state index contributed by atoms with van der Waals surface area (Å²) in [7, 11) is 1.67. The molecule has 0 aromatic heterocycles. The lowest BCUT2D eigenvalue weighted by Gasteiger charge is -2.24. The number of nitrogens with two attached hydrogens (primary N) is 1. The summed E-state index contributed by atoms with van der Waals surface area (Å²) >= 11 is 4.91. The Labute approximate surface area is 123 Å². The molecule has 0 spiro atoms. The maximum absolute atomic E-state index is 12.2. The number of rotatable bonds is 3. The Morgan fingerprint density at radius 1 is 1.25 bits per heavy atom. The van der Waals surface area contributed by atoms with Crippen molar-refractivity contribution in [1.82, 2.24) is 4.90 Å². The Morgan fingerprint density at radius 3 is 2.60 bits per heavy atom. The Morgan fingerprint density at radius 2 is 1.90 bits per heavy atom. The number of amides is 2. The molecule has 0 heterocycles. The fourth-order valence-electron chi connectivity index (χ4n) is 1.90. The van der Waals surface area contributed by atoms with Gasteiger partial charge in [0.1, 0.15) is 0 Å². The zero-order valence-electron chi connectivity index (χ0n) is 11.5. The molecular weight excluding hydrogens is 270 g/mol. The van der Waals surface area contributed by atoms with Crippen LogP contribution in [0.15, 0.2) is 42.5 Å². The third-order valence-corrected chi connectivity index (χ3v) is 3.69. The Hall–Kier alpha value is -2.14. The molecule has 2 aromatic rings. The minimum Gasteiger partial charge on any atom is -0.392 e. The van der Waals surface area contributed by atoms with Crippen LogP contribution in [0.5, 0.6) is 0 Å². The smallest absolute Gasteiger partial charge is 0.322 e. The molecule has 1 unspecified atom stereocenters. The predicted molar refractivity (Wildman–Crippen MR) is 87.0 cm³/mol. The highest BCUT2D eigenvalue weighted by Gasteiger charge is 2.18. The average Bonchev–Trinajstić information content (AvgIpc) is 2.46. The van der Waals surface area contributed by atoms with Crippen molar-refractivity contribution < 1.29 is 4.79 Å². The highest BCUT2D eigenvalue weighted by atomic mass is 32.1. The number of carbonyl (C=O) groups is 1. The Balaban J connectivity index is 2.24. The summed E-state index contributed by atoms with van der Waals surface area (Å²) in [6, 6.07) is 13.2. The Kier molecular flexibility index (Phi) is 4.20. The number of anilines is 1. The van der Waals surface area contributed by atoms with E-state index < -0.39 is 0 Å². The maximum Gasteiger partial charge on any atom is 0.322 e. The molecular formula is C15H17N3OS. The number of thiocarbonyl (C=S) groups is 1. The maximum atomic E-state index is 12.2. The van der Waals surface area contributed by atoms with E-state index in [2.05, 4.69) is 5.32 Å². The molecule has 0 aliphatic heterocycles. The number of hydrogen-bond acceptors (Lipinski definition) is 2. The Bertz CT molecular complexity index is 651. The van der Waals surface area contributed by atoms with Crippen LogP contribution in [0.3, 0.4) is 0 Å². The summed E-state index contributed by atoms with van der Waals surface area (Å²) in [4.78, 5) is 14.0. The summed E-state index contributed by atoms with van der Waals surface area (Å²) in [5.74, 6) is 0. The first-order valence-corrected chi connectivity index (χ1v) is 6.72. The minimum absolute atomic E-state index is 0.235. The van der Waals surface area contributed by atoms with Crippen molar-refractivity contribution in [3.63, 3.8) is 0 Å². The molecule has 104 valence electrons. The lowest BCUT2D eigenvalue weighted by molar-refractivity contribution is 0.218. The second-order valence-corrected chi connectivity index (χ2v) is 5.12. The molecule has 0 radical (unpaired) electrons. The van der Waals surface area contributed by atoms with Gasteiger partial charge in [0.2, 0.25) is 0 Å². The summed E-state index contributed by atoms with van der Waals surface area (Å²) in [5, 5.41) is 4.97. The van der Waals surface area contributed by atoms with E-state index in [1.165, 1.54) is 4.90 Å². The molecule has 4 nitrogen and oxygen atoms in total. The summed E-state index contributed by atoms with van der Waals surface area (Å²) in [6.07, 6.45) is 0. The van der Waals surface area contributed by atoms with Gasteiger partial charge in [-0.1, -0.05) is 48.6 Å². The number of benzene rings is 2. The topological polar surface area (TPSA) is 58.4 Å². The van der Waals surface area contributed by atoms with Crippen LogP contribution < -0.4 is 11.1 Å². The third-order valence-electron chi connectivity index (χ3n) is 3.34. The van der Waals surface area contributed by atoms with Crippen LogP contribution >= 0.6 is 12.2 Å². The second-order valence-electron chi connectivity index (χ2n) is 4.65. The highest BCUT2D eigenvalue weighted by Crippen LogP contribution is 2.23. The molecule has 0 bridgehead atoms. The normalized spacial score (nSPS) is 11.9. The molecule has 2 rings (SSSR count). The number of fused-ring (bicyclic) bond motifs is 1. The van der Waals surface area contributed by atoms with E-state index in [0.717, 1.165) is 16.5 Å². The molecule has 0 aliphatic carbocycles. The van der Waals surface area contributed by atoms with Crippen LogP contribution in [0.25, 0.3) is 10.8 Å². The van der Waals surface area contributed by atoms with Crippen LogP contribution in [0.1, 0.15) is 6.92 Å². The van der Waals surface area contributed by atoms with Crippen molar-refractivity contribution in [3.05, 3.63) is 42.5 Å². The van der Waals surface area contributed by atoms with Gasteiger partial charge in [-0.2, -0.15) is 0 Å². The zero-order chi connectivity index (χ0) is 14.7. The summed E-state index contributed by atoms with van der Waals surface area (Å²) in [6.45, 7) is 1.80. The van der Waals surface area contributed by atoms with Crippen LogP contribution in [-0.2, 0) is 0 Å². The lowest BCUT2D eigenvalue weighted by atomic mass is 10.1. The van der Waals surface area contributed by atoms with Gasteiger partial charge in [0, 0.05) is 12.4 Å². The largest absolute Gasteiger partial charge is 0.392 e. The first-order chi connectivity index (χ1) is 9.50. The molecule has 0 saturated carbocycles. The molecule has 1 atom stereocenters. The molecule has 2 aromatic carbocycles. The van der Waals surface area contributed by atoms with Crippen molar-refractivity contribution in [3.8, 4) is 0 Å². The van der Waals surface area contributed by atoms with E-state index in [4.69, 9.17) is 18.0 Å². The molecule has 0 aliphatic rings. The van der Waals surface area contributed by atoms with Crippen molar-refractivity contribution >= 4 is 39.7 Å². The fourth-order valence-corrected chi connectivity index (χ4v) is 2.06. The van der Waals surface area contributed by atoms with Gasteiger partial charge >= 0.3 is 6.03 Å². The monoisotopic (exact) mass is 287 g/mol. The van der Waals surface area contributed by atoms with Crippen molar-refractivity contribution in [2.24, 2.45) is 5.73 Å². The van der Waals surface area contributed by atoms with Crippen molar-refractivity contribution in [2.75, 3.05) is 12.4 Å². The summed E-state index contributed by atoms with van der Waals surface area (Å²) < 4.78 is 0. The predicted octanol–water partition coefficient (Wildman–Crippen LogP) is 2.98. The second kappa shape index (κ2) is 5.88. The van der Waals surface area contributed by atoms with Crippen LogP contribution in [0.4, 0.5) is 10.5 Å². The first kappa shape index (κ1) is 14.3. The van der Waals surface area contributed by atoms with Crippen LogP contribution in [-0.4, -0.2) is 29.0 Å². The van der Waals surface area contributed by atoms with Gasteiger partial charge in [-0.15, -0.1) is 0 Å². The average molecular weight is 287 g/mol. The van der Waals surface area contributed by atoms with E-state index in [1.807, 2.05) is 42.5 Å². The lowest BCUT2D eigenvalue weighted by Crippen LogP contribution is -2.44. The van der Waals surface area contributed by atoms with Gasteiger partial charge in [-0.25, -0.2) is 4.79 Å². The number of hydrogen-bond donors (Lipinski definition) is 2. The van der Waals surface area contributed by atoms with Gasteiger partial charge < -0.3 is 16.0 Å². The molecule has 0 fully saturated rings. The number of urea groups is 1. The van der Waals surface area contributed by atoms with Gasteiger partial charge in [0.05, 0.1) is 16.7 Å². The van der Waals surface area contributed by atoms with E-state index in [1.54, 1.807) is 14.0 Å². The molecule has 20 heavy (non-hydrogen) atoms. The quantitative estimate of drug-likeness (QED) is 0.853. The standard InChI is InChI=1S/C15H17N3OS/c1-10(14(16)20)18(2)15(19)17-13-9-5-7-11-6-3-4-8-12(11)13/h3-10H,1-2H3,(H2,16,20)(H,17,19). The SMILES string of the molecule is CC(C(N)=S)N(C)C(=O)Nc1cccc2ccccc12. The van der Waals surface area contributed by atoms with E-state index in [-0.39, 0.29) is 12.1 Å². The number of carbonyl (C=O) groups excluding carboxylic acids is 1. The number of likely N-dealkylation sites (N-methyl/N-ethyl adjacent to an activating group) is 1. The molecule has 5 heteroatoms. The van der Waals surface area contributed by atoms with Crippen molar-refractivity contribution in [1.29, 1.82) is 0 Å². The third kappa shape index (κ3) is 2.88. The highest BCUT2D eigenvalue weighted by molar-refractivity contribution is 7.80. The van der Waals surface area contributed by atoms with Gasteiger partial charge in [0.15, 0.2) is 0 Å². The van der Waals surface area contributed by atoms with Crippen molar-refractivity contribution in [2.45, 2.75) is 13.0 Å². The van der Waals surface area contributed by atoms with E-state index in [9.17, 15) is 4.79 Å². The molecule has 2 amide bonds. The molecule has 0 saturated heterocycles. The molecule has 3 N–H and O–H groups in total. The van der Waals surface area contributed by atoms with E-state index in [0.29, 0.717) is 4.99 Å². The zero-order valence-corrected chi connectivity index (χ0v) is 12.3. The van der Waals surface area contributed by atoms with Crippen LogP contribution in [0.2, 0.25) is 0 Å². The van der Waals surface area contributed by atoms with Gasteiger partial charge in [0.25, 0.3) is 0 Å².